The molecule has 2 aromatic carbocycles. The molecule has 30 heavy (non-hydrogen) atoms. The molecule has 3 aromatic rings. The predicted molar refractivity (Wildman–Crippen MR) is 117 cm³/mol. The number of aliphatic hydroxyl groups is 1. The summed E-state index contributed by atoms with van der Waals surface area (Å²) in [5.41, 5.74) is 6.46. The minimum Gasteiger partial charge on any atom is -0.394 e. The molecule has 5 heteroatoms. The van der Waals surface area contributed by atoms with Crippen LogP contribution in [0.5, 0.6) is 0 Å². The SMILES string of the molecule is N#Cc1cccc(-c2ccc3c(c2)[C@H]2[C@H](CCN2Cc2ccncc2)[C@@H](CO)N3)c1. The van der Waals surface area contributed by atoms with E-state index in [4.69, 9.17) is 0 Å². The Morgan fingerprint density at radius 1 is 1.10 bits per heavy atom. The van der Waals surface area contributed by atoms with Gasteiger partial charge < -0.3 is 10.4 Å². The molecule has 2 aliphatic heterocycles. The first-order valence-corrected chi connectivity index (χ1v) is 10.4. The lowest BCUT2D eigenvalue weighted by Crippen LogP contribution is -2.41. The molecule has 3 atom stereocenters. The van der Waals surface area contributed by atoms with Crippen molar-refractivity contribution in [1.29, 1.82) is 5.26 Å². The third-order valence-electron chi connectivity index (χ3n) is 6.43. The van der Waals surface area contributed by atoms with Gasteiger partial charge in [0.2, 0.25) is 0 Å². The highest BCUT2D eigenvalue weighted by molar-refractivity contribution is 5.71. The van der Waals surface area contributed by atoms with E-state index in [9.17, 15) is 10.4 Å². The van der Waals surface area contributed by atoms with Crippen LogP contribution in [-0.4, -0.2) is 34.2 Å². The van der Waals surface area contributed by atoms with E-state index < -0.39 is 0 Å². The molecule has 2 aliphatic rings. The van der Waals surface area contributed by atoms with Gasteiger partial charge in [-0.05, 0) is 71.6 Å². The third kappa shape index (κ3) is 3.35. The highest BCUT2D eigenvalue weighted by atomic mass is 16.3. The molecule has 0 spiro atoms. The number of nitriles is 1. The number of hydrogen-bond acceptors (Lipinski definition) is 5. The Kier molecular flexibility index (Phi) is 4.96. The van der Waals surface area contributed by atoms with Gasteiger partial charge in [0.25, 0.3) is 0 Å². The maximum Gasteiger partial charge on any atom is 0.0991 e. The lowest BCUT2D eigenvalue weighted by Gasteiger charge is -2.39. The molecule has 0 aliphatic carbocycles. The fourth-order valence-corrected chi connectivity index (χ4v) is 5.01. The Balaban J connectivity index is 1.54. The lowest BCUT2D eigenvalue weighted by atomic mass is 9.82. The van der Waals surface area contributed by atoms with Gasteiger partial charge in [0.1, 0.15) is 0 Å². The third-order valence-corrected chi connectivity index (χ3v) is 6.43. The molecular formula is C25H24N4O. The molecule has 5 nitrogen and oxygen atoms in total. The Bertz CT molecular complexity index is 1090. The fraction of sp³-hybridized carbons (Fsp3) is 0.280. The molecule has 0 unspecified atom stereocenters. The zero-order valence-corrected chi connectivity index (χ0v) is 16.7. The van der Waals surface area contributed by atoms with Gasteiger partial charge in [-0.2, -0.15) is 5.26 Å². The van der Waals surface area contributed by atoms with Crippen molar-refractivity contribution in [3.63, 3.8) is 0 Å². The summed E-state index contributed by atoms with van der Waals surface area (Å²) in [6.45, 7) is 2.01. The number of aliphatic hydroxyl groups excluding tert-OH is 1. The van der Waals surface area contributed by atoms with Crippen LogP contribution in [0.2, 0.25) is 0 Å². The van der Waals surface area contributed by atoms with E-state index in [0.29, 0.717) is 11.5 Å². The number of hydrogen-bond donors (Lipinski definition) is 2. The van der Waals surface area contributed by atoms with Crippen molar-refractivity contribution >= 4 is 5.69 Å². The average molecular weight is 396 g/mol. The molecule has 1 saturated heterocycles. The van der Waals surface area contributed by atoms with E-state index in [1.165, 1.54) is 11.1 Å². The number of pyridine rings is 1. The molecule has 5 rings (SSSR count). The first-order valence-electron chi connectivity index (χ1n) is 10.4. The molecule has 0 saturated carbocycles. The maximum atomic E-state index is 10.0. The molecule has 0 amide bonds. The zero-order valence-electron chi connectivity index (χ0n) is 16.7. The minimum absolute atomic E-state index is 0.0673. The number of likely N-dealkylation sites (tertiary alicyclic amines) is 1. The van der Waals surface area contributed by atoms with E-state index in [-0.39, 0.29) is 18.7 Å². The molecular weight excluding hydrogens is 372 g/mol. The second-order valence-electron chi connectivity index (χ2n) is 8.15. The molecule has 1 fully saturated rings. The highest BCUT2D eigenvalue weighted by Crippen LogP contribution is 2.47. The normalized spacial score (nSPS) is 22.6. The molecule has 150 valence electrons. The Morgan fingerprint density at radius 2 is 1.93 bits per heavy atom. The Hall–Kier alpha value is -3.20. The first-order chi connectivity index (χ1) is 14.8. The summed E-state index contributed by atoms with van der Waals surface area (Å²) in [7, 11) is 0. The minimum atomic E-state index is 0.0673. The van der Waals surface area contributed by atoms with Gasteiger partial charge in [-0.3, -0.25) is 9.88 Å². The van der Waals surface area contributed by atoms with Crippen molar-refractivity contribution < 1.29 is 5.11 Å². The molecule has 0 bridgehead atoms. The number of benzene rings is 2. The van der Waals surface area contributed by atoms with Crippen molar-refractivity contribution in [1.82, 2.24) is 9.88 Å². The summed E-state index contributed by atoms with van der Waals surface area (Å²) in [4.78, 5) is 6.66. The summed E-state index contributed by atoms with van der Waals surface area (Å²) in [5.74, 6) is 0.366. The van der Waals surface area contributed by atoms with Crippen molar-refractivity contribution in [3.8, 4) is 17.2 Å². The van der Waals surface area contributed by atoms with Crippen LogP contribution in [0.1, 0.15) is 29.2 Å². The lowest BCUT2D eigenvalue weighted by molar-refractivity contribution is 0.172. The van der Waals surface area contributed by atoms with Gasteiger partial charge in [0.05, 0.1) is 24.3 Å². The van der Waals surface area contributed by atoms with Crippen LogP contribution >= 0.6 is 0 Å². The largest absolute Gasteiger partial charge is 0.394 e. The van der Waals surface area contributed by atoms with Gasteiger partial charge in [0.15, 0.2) is 0 Å². The summed E-state index contributed by atoms with van der Waals surface area (Å²) >= 11 is 0. The quantitative estimate of drug-likeness (QED) is 0.698. The Labute approximate surface area is 176 Å². The average Bonchev–Trinajstić information content (AvgIpc) is 3.23. The number of aromatic nitrogens is 1. The summed E-state index contributed by atoms with van der Waals surface area (Å²) in [5, 5.41) is 22.8. The van der Waals surface area contributed by atoms with E-state index in [1.54, 1.807) is 0 Å². The van der Waals surface area contributed by atoms with Crippen LogP contribution in [0.3, 0.4) is 0 Å². The van der Waals surface area contributed by atoms with E-state index in [2.05, 4.69) is 57.7 Å². The van der Waals surface area contributed by atoms with Gasteiger partial charge >= 0.3 is 0 Å². The second-order valence-corrected chi connectivity index (χ2v) is 8.15. The standard InChI is InChI=1S/C25H24N4O/c26-14-18-2-1-3-19(12-18)20-4-5-23-22(13-20)25-21(24(16-30)28-23)8-11-29(25)15-17-6-9-27-10-7-17/h1-7,9-10,12-13,21,24-25,28,30H,8,11,15-16H2/t21-,24-,25-/m1/s1. The van der Waals surface area contributed by atoms with Crippen molar-refractivity contribution in [2.45, 2.75) is 25.0 Å². The van der Waals surface area contributed by atoms with Gasteiger partial charge in [0, 0.05) is 36.6 Å². The van der Waals surface area contributed by atoms with Gasteiger partial charge in [-0.25, -0.2) is 0 Å². The number of nitrogens with one attached hydrogen (secondary N) is 1. The van der Waals surface area contributed by atoms with Crippen molar-refractivity contribution in [3.05, 3.63) is 83.7 Å². The van der Waals surface area contributed by atoms with Crippen LogP contribution < -0.4 is 5.32 Å². The molecule has 2 N–H and O–H groups in total. The highest BCUT2D eigenvalue weighted by Gasteiger charge is 2.43. The Morgan fingerprint density at radius 3 is 2.73 bits per heavy atom. The van der Waals surface area contributed by atoms with Gasteiger partial charge in [-0.1, -0.05) is 18.2 Å². The predicted octanol–water partition coefficient (Wildman–Crippen LogP) is 3.97. The fourth-order valence-electron chi connectivity index (χ4n) is 5.01. The van der Waals surface area contributed by atoms with Gasteiger partial charge in [-0.15, -0.1) is 0 Å². The molecule has 0 radical (unpaired) electrons. The topological polar surface area (TPSA) is 72.2 Å². The molecule has 1 aromatic heterocycles. The van der Waals surface area contributed by atoms with Crippen LogP contribution in [0.25, 0.3) is 11.1 Å². The number of nitrogens with zero attached hydrogens (tertiary/aromatic N) is 3. The summed E-state index contributed by atoms with van der Waals surface area (Å²) in [6, 6.07) is 20.9. The molecule has 3 heterocycles. The van der Waals surface area contributed by atoms with Crippen molar-refractivity contribution in [2.24, 2.45) is 5.92 Å². The van der Waals surface area contributed by atoms with Crippen LogP contribution in [0, 0.1) is 17.2 Å². The van der Waals surface area contributed by atoms with Crippen LogP contribution in [-0.2, 0) is 6.54 Å². The number of fused-ring (bicyclic) bond motifs is 3. The van der Waals surface area contributed by atoms with E-state index >= 15 is 0 Å². The smallest absolute Gasteiger partial charge is 0.0991 e. The van der Waals surface area contributed by atoms with Crippen LogP contribution in [0.15, 0.2) is 67.0 Å². The zero-order chi connectivity index (χ0) is 20.5. The second kappa shape index (κ2) is 7.91. The summed E-state index contributed by atoms with van der Waals surface area (Å²) in [6.07, 6.45) is 4.74. The monoisotopic (exact) mass is 396 g/mol. The summed E-state index contributed by atoms with van der Waals surface area (Å²) < 4.78 is 0. The first kappa shape index (κ1) is 18.8. The van der Waals surface area contributed by atoms with E-state index in [1.807, 2.05) is 30.6 Å². The van der Waals surface area contributed by atoms with Crippen LogP contribution in [0.4, 0.5) is 5.69 Å². The number of anilines is 1. The number of rotatable bonds is 4. The van der Waals surface area contributed by atoms with Crippen molar-refractivity contribution in [2.75, 3.05) is 18.5 Å². The van der Waals surface area contributed by atoms with E-state index in [0.717, 1.165) is 36.3 Å². The maximum absolute atomic E-state index is 10.0.